The van der Waals surface area contributed by atoms with Crippen molar-refractivity contribution in [2.45, 2.75) is 25.9 Å². The average molecular weight is 404 g/mol. The highest BCUT2D eigenvalue weighted by Crippen LogP contribution is 2.45. The van der Waals surface area contributed by atoms with E-state index in [1.165, 1.54) is 7.11 Å². The van der Waals surface area contributed by atoms with Gasteiger partial charge in [-0.25, -0.2) is 4.79 Å². The van der Waals surface area contributed by atoms with E-state index in [4.69, 9.17) is 24.4 Å². The molecule has 0 amide bonds. The van der Waals surface area contributed by atoms with Crippen molar-refractivity contribution in [3.63, 3.8) is 0 Å². The van der Waals surface area contributed by atoms with Crippen molar-refractivity contribution in [2.75, 3.05) is 7.11 Å². The first kappa shape index (κ1) is 19.4. The van der Waals surface area contributed by atoms with Gasteiger partial charge in [0.15, 0.2) is 17.2 Å². The van der Waals surface area contributed by atoms with Gasteiger partial charge in [0, 0.05) is 0 Å². The van der Waals surface area contributed by atoms with Crippen molar-refractivity contribution >= 4 is 11.0 Å². The zero-order chi connectivity index (χ0) is 21.4. The third-order valence-electron chi connectivity index (χ3n) is 4.86. The zero-order valence-corrected chi connectivity index (χ0v) is 16.8. The first-order valence-electron chi connectivity index (χ1n) is 9.42. The van der Waals surface area contributed by atoms with E-state index < -0.39 is 11.5 Å². The maximum Gasteiger partial charge on any atom is 0.344 e. The standard InChI is InChI=1S/C23H20N2O5/c1-12(2)28-17-9-8-13(10-18(17)27-3)19-15(11-24)22(25)30-21-14-6-4-5-7-16(14)29-23(26)20(19)21/h4-10,12,19H,25H2,1-3H3/t19-/m1/s1. The lowest BCUT2D eigenvalue weighted by atomic mass is 9.83. The van der Waals surface area contributed by atoms with Gasteiger partial charge in [-0.3, -0.25) is 0 Å². The van der Waals surface area contributed by atoms with E-state index >= 15 is 0 Å². The van der Waals surface area contributed by atoms with Gasteiger partial charge in [0.2, 0.25) is 5.88 Å². The minimum absolute atomic E-state index is 0.0443. The highest BCUT2D eigenvalue weighted by Gasteiger charge is 2.35. The van der Waals surface area contributed by atoms with Crippen molar-refractivity contribution in [2.24, 2.45) is 5.73 Å². The minimum atomic E-state index is -0.762. The third-order valence-corrected chi connectivity index (χ3v) is 4.86. The molecule has 0 bridgehead atoms. The van der Waals surface area contributed by atoms with Gasteiger partial charge < -0.3 is 24.4 Å². The number of allylic oxidation sites excluding steroid dienone is 1. The van der Waals surface area contributed by atoms with Crippen LogP contribution in [0.25, 0.3) is 11.0 Å². The summed E-state index contributed by atoms with van der Waals surface area (Å²) in [6.45, 7) is 3.82. The molecular formula is C23H20N2O5. The van der Waals surface area contributed by atoms with Crippen molar-refractivity contribution in [3.05, 3.63) is 75.5 Å². The molecule has 152 valence electrons. The summed E-state index contributed by atoms with van der Waals surface area (Å²) in [4.78, 5) is 12.9. The number of para-hydroxylation sites is 1. The topological polar surface area (TPSA) is 108 Å². The molecule has 0 fully saturated rings. The predicted molar refractivity (Wildman–Crippen MR) is 111 cm³/mol. The van der Waals surface area contributed by atoms with Gasteiger partial charge in [0.05, 0.1) is 30.1 Å². The van der Waals surface area contributed by atoms with E-state index in [-0.39, 0.29) is 23.1 Å². The predicted octanol–water partition coefficient (Wildman–Crippen LogP) is 3.81. The Morgan fingerprint density at radius 1 is 1.17 bits per heavy atom. The van der Waals surface area contributed by atoms with Gasteiger partial charge in [-0.2, -0.15) is 5.26 Å². The van der Waals surface area contributed by atoms with Crippen molar-refractivity contribution in [1.29, 1.82) is 5.26 Å². The minimum Gasteiger partial charge on any atom is -0.493 e. The molecule has 4 rings (SSSR count). The molecule has 0 aliphatic carbocycles. The van der Waals surface area contributed by atoms with Gasteiger partial charge in [0.25, 0.3) is 0 Å². The SMILES string of the molecule is COc1cc([C@@H]2C(C#N)=C(N)Oc3c2c(=O)oc2ccccc32)ccc1OC(C)C. The Morgan fingerprint density at radius 2 is 1.93 bits per heavy atom. The number of fused-ring (bicyclic) bond motifs is 3. The number of nitriles is 1. The van der Waals surface area contributed by atoms with Crippen LogP contribution in [0.2, 0.25) is 0 Å². The molecule has 7 heteroatoms. The van der Waals surface area contributed by atoms with E-state index in [1.807, 2.05) is 19.9 Å². The van der Waals surface area contributed by atoms with E-state index in [9.17, 15) is 10.1 Å². The number of nitrogens with zero attached hydrogens (tertiary/aromatic N) is 1. The summed E-state index contributed by atoms with van der Waals surface area (Å²) in [7, 11) is 1.53. The Morgan fingerprint density at radius 3 is 2.63 bits per heavy atom. The molecule has 1 atom stereocenters. The fourth-order valence-electron chi connectivity index (χ4n) is 3.61. The van der Waals surface area contributed by atoms with Crippen molar-refractivity contribution in [1.82, 2.24) is 0 Å². The Labute approximate surface area is 172 Å². The maximum absolute atomic E-state index is 12.9. The van der Waals surface area contributed by atoms with Crippen LogP contribution in [-0.4, -0.2) is 13.2 Å². The van der Waals surface area contributed by atoms with Crippen LogP contribution in [-0.2, 0) is 0 Å². The van der Waals surface area contributed by atoms with Gasteiger partial charge in [-0.1, -0.05) is 18.2 Å². The normalized spacial score (nSPS) is 15.5. The molecule has 2 heterocycles. The average Bonchev–Trinajstić information content (AvgIpc) is 2.73. The van der Waals surface area contributed by atoms with Crippen LogP contribution in [0.1, 0.15) is 30.9 Å². The molecule has 7 nitrogen and oxygen atoms in total. The number of rotatable bonds is 4. The van der Waals surface area contributed by atoms with Gasteiger partial charge in [-0.05, 0) is 43.7 Å². The number of benzene rings is 2. The van der Waals surface area contributed by atoms with Crippen molar-refractivity contribution < 1.29 is 18.6 Å². The summed E-state index contributed by atoms with van der Waals surface area (Å²) in [6.07, 6.45) is -0.0443. The molecule has 0 radical (unpaired) electrons. The molecular weight excluding hydrogens is 384 g/mol. The Balaban J connectivity index is 1.97. The highest BCUT2D eigenvalue weighted by molar-refractivity contribution is 5.86. The second-order valence-corrected chi connectivity index (χ2v) is 7.13. The number of ether oxygens (including phenoxy) is 3. The van der Waals surface area contributed by atoms with Crippen LogP contribution < -0.4 is 25.6 Å². The summed E-state index contributed by atoms with van der Waals surface area (Å²) < 4.78 is 22.5. The molecule has 2 aromatic carbocycles. The van der Waals surface area contributed by atoms with Gasteiger partial charge >= 0.3 is 5.63 Å². The molecule has 3 aromatic rings. The number of methoxy groups -OCH3 is 1. The Kier molecular flexibility index (Phi) is 4.84. The molecule has 0 unspecified atom stereocenters. The summed E-state index contributed by atoms with van der Waals surface area (Å²) in [5, 5.41) is 10.4. The molecule has 1 aliphatic heterocycles. The maximum atomic E-state index is 12.9. The molecule has 2 N–H and O–H groups in total. The fourth-order valence-corrected chi connectivity index (χ4v) is 3.61. The smallest absolute Gasteiger partial charge is 0.344 e. The van der Waals surface area contributed by atoms with Crippen LogP contribution in [0.3, 0.4) is 0 Å². The molecule has 0 saturated heterocycles. The lowest BCUT2D eigenvalue weighted by Crippen LogP contribution is -2.26. The number of hydrogen-bond donors (Lipinski definition) is 1. The van der Waals surface area contributed by atoms with E-state index in [2.05, 4.69) is 6.07 Å². The zero-order valence-electron chi connectivity index (χ0n) is 16.8. The second-order valence-electron chi connectivity index (χ2n) is 7.13. The molecule has 30 heavy (non-hydrogen) atoms. The third kappa shape index (κ3) is 3.12. The van der Waals surface area contributed by atoms with Crippen molar-refractivity contribution in [3.8, 4) is 23.3 Å². The monoisotopic (exact) mass is 404 g/mol. The Bertz CT molecular complexity index is 1270. The van der Waals surface area contributed by atoms with E-state index in [0.717, 1.165) is 0 Å². The Hall–Kier alpha value is -3.92. The first-order valence-corrected chi connectivity index (χ1v) is 9.42. The quantitative estimate of drug-likeness (QED) is 0.659. The van der Waals surface area contributed by atoms with E-state index in [1.54, 1.807) is 36.4 Å². The van der Waals surface area contributed by atoms with Gasteiger partial charge in [0.1, 0.15) is 17.2 Å². The van der Waals surface area contributed by atoms with Gasteiger partial charge in [-0.15, -0.1) is 0 Å². The van der Waals surface area contributed by atoms with E-state index in [0.29, 0.717) is 33.8 Å². The van der Waals surface area contributed by atoms with Crippen LogP contribution in [0.5, 0.6) is 17.2 Å². The fraction of sp³-hybridized carbons (Fsp3) is 0.217. The van der Waals surface area contributed by atoms with Crippen LogP contribution in [0.4, 0.5) is 0 Å². The summed E-state index contributed by atoms with van der Waals surface area (Å²) >= 11 is 0. The number of hydrogen-bond acceptors (Lipinski definition) is 7. The summed E-state index contributed by atoms with van der Waals surface area (Å²) in [5.41, 5.74) is 6.86. The summed E-state index contributed by atoms with van der Waals surface area (Å²) in [6, 6.07) is 14.4. The van der Waals surface area contributed by atoms with Crippen LogP contribution in [0.15, 0.2) is 63.1 Å². The second kappa shape index (κ2) is 7.48. The lowest BCUT2D eigenvalue weighted by molar-refractivity contribution is 0.230. The van der Waals surface area contributed by atoms with Crippen LogP contribution in [0, 0.1) is 11.3 Å². The molecule has 0 spiro atoms. The number of nitrogens with two attached hydrogens (primary N) is 1. The van der Waals surface area contributed by atoms with Crippen LogP contribution >= 0.6 is 0 Å². The summed E-state index contributed by atoms with van der Waals surface area (Å²) in [5.74, 6) is 0.526. The molecule has 1 aromatic heterocycles. The largest absolute Gasteiger partial charge is 0.493 e. The molecule has 1 aliphatic rings. The lowest BCUT2D eigenvalue weighted by Gasteiger charge is -2.26. The first-order chi connectivity index (χ1) is 14.4. The molecule has 0 saturated carbocycles. The highest BCUT2D eigenvalue weighted by atomic mass is 16.5.